The number of carbonyl (C=O) groups is 2. The Kier molecular flexibility index (Phi) is 6.58. The summed E-state index contributed by atoms with van der Waals surface area (Å²) in [6.45, 7) is 2.19. The zero-order chi connectivity index (χ0) is 17.2. The molecule has 1 heterocycles. The normalized spacial score (nSPS) is 11.5. The van der Waals surface area contributed by atoms with Gasteiger partial charge in [0.1, 0.15) is 11.5 Å². The van der Waals surface area contributed by atoms with Gasteiger partial charge < -0.3 is 14.5 Å². The summed E-state index contributed by atoms with van der Waals surface area (Å²) in [5, 5.41) is 2.59. The van der Waals surface area contributed by atoms with Crippen LogP contribution in [0, 0.1) is 0 Å². The molecule has 0 atom stereocenters. The summed E-state index contributed by atoms with van der Waals surface area (Å²) in [6.07, 6.45) is 7.04. The fourth-order valence-corrected chi connectivity index (χ4v) is 1.84. The van der Waals surface area contributed by atoms with Gasteiger partial charge in [-0.25, -0.2) is 4.79 Å². The number of rotatable bonds is 7. The van der Waals surface area contributed by atoms with Crippen molar-refractivity contribution >= 4 is 18.0 Å². The fraction of sp³-hybridized carbons (Fsp3) is 0.158. The van der Waals surface area contributed by atoms with E-state index in [1.807, 2.05) is 13.0 Å². The average Bonchev–Trinajstić information content (AvgIpc) is 3.12. The Morgan fingerprint density at radius 2 is 1.96 bits per heavy atom. The van der Waals surface area contributed by atoms with E-state index in [2.05, 4.69) is 5.32 Å². The van der Waals surface area contributed by atoms with Crippen molar-refractivity contribution in [2.75, 3.05) is 6.61 Å². The number of amides is 1. The van der Waals surface area contributed by atoms with Crippen LogP contribution in [-0.2, 0) is 9.53 Å². The van der Waals surface area contributed by atoms with Gasteiger partial charge in [-0.05, 0) is 42.8 Å². The van der Waals surface area contributed by atoms with E-state index >= 15 is 0 Å². The Labute approximate surface area is 140 Å². The van der Waals surface area contributed by atoms with Gasteiger partial charge in [-0.3, -0.25) is 4.79 Å². The molecule has 0 saturated carbocycles. The molecule has 2 rings (SSSR count). The van der Waals surface area contributed by atoms with E-state index in [1.54, 1.807) is 54.8 Å². The van der Waals surface area contributed by atoms with Gasteiger partial charge in [0.05, 0.1) is 12.9 Å². The molecule has 1 aromatic carbocycles. The lowest BCUT2D eigenvalue weighted by Crippen LogP contribution is -2.28. The Bertz CT molecular complexity index is 715. The molecule has 5 nitrogen and oxygen atoms in total. The monoisotopic (exact) mass is 325 g/mol. The minimum absolute atomic E-state index is 0.0695. The molecule has 0 bridgehead atoms. The summed E-state index contributed by atoms with van der Waals surface area (Å²) in [7, 11) is 0. The van der Waals surface area contributed by atoms with Gasteiger partial charge in [-0.15, -0.1) is 0 Å². The van der Waals surface area contributed by atoms with Gasteiger partial charge >= 0.3 is 5.97 Å². The predicted molar refractivity (Wildman–Crippen MR) is 91.0 cm³/mol. The molecule has 2 aromatic rings. The number of nitrogens with one attached hydrogen (secondary N) is 1. The van der Waals surface area contributed by atoms with Crippen LogP contribution < -0.4 is 5.32 Å². The van der Waals surface area contributed by atoms with Gasteiger partial charge in [0.15, 0.2) is 0 Å². The van der Waals surface area contributed by atoms with E-state index in [0.717, 1.165) is 0 Å². The summed E-state index contributed by atoms with van der Waals surface area (Å²) in [4.78, 5) is 24.3. The third kappa shape index (κ3) is 5.28. The summed E-state index contributed by atoms with van der Waals surface area (Å²) < 4.78 is 10.3. The Morgan fingerprint density at radius 1 is 1.17 bits per heavy atom. The molecule has 24 heavy (non-hydrogen) atoms. The van der Waals surface area contributed by atoms with Crippen molar-refractivity contribution < 1.29 is 18.7 Å². The topological polar surface area (TPSA) is 68.5 Å². The molecule has 0 aliphatic carbocycles. The first-order valence-corrected chi connectivity index (χ1v) is 7.66. The van der Waals surface area contributed by atoms with E-state index in [9.17, 15) is 9.59 Å². The van der Waals surface area contributed by atoms with E-state index < -0.39 is 5.97 Å². The molecule has 5 heteroatoms. The molecule has 1 amide bonds. The maximum Gasteiger partial charge on any atom is 0.354 e. The second-order valence-electron chi connectivity index (χ2n) is 4.91. The van der Waals surface area contributed by atoms with Crippen molar-refractivity contribution in [2.45, 2.75) is 13.3 Å². The molecule has 0 radical (unpaired) electrons. The SMILES string of the molecule is CCCOC(=O)C(=C/C=C/c1ccco1)NC(=O)c1ccccc1. The minimum atomic E-state index is -0.578. The number of esters is 1. The first-order valence-electron chi connectivity index (χ1n) is 7.66. The third-order valence-electron chi connectivity index (χ3n) is 3.01. The zero-order valence-electron chi connectivity index (χ0n) is 13.4. The summed E-state index contributed by atoms with van der Waals surface area (Å²) in [6, 6.07) is 12.2. The first-order chi connectivity index (χ1) is 11.7. The van der Waals surface area contributed by atoms with Crippen LogP contribution >= 0.6 is 0 Å². The summed E-state index contributed by atoms with van der Waals surface area (Å²) in [5.41, 5.74) is 0.529. The Morgan fingerprint density at radius 3 is 2.62 bits per heavy atom. The quantitative estimate of drug-likeness (QED) is 0.480. The van der Waals surface area contributed by atoms with Crippen molar-refractivity contribution in [3.05, 3.63) is 77.9 Å². The highest BCUT2D eigenvalue weighted by atomic mass is 16.5. The molecule has 0 spiro atoms. The van der Waals surface area contributed by atoms with Crippen molar-refractivity contribution in [3.63, 3.8) is 0 Å². The number of furan rings is 1. The van der Waals surface area contributed by atoms with Gasteiger partial charge in [-0.2, -0.15) is 0 Å². The van der Waals surface area contributed by atoms with Crippen molar-refractivity contribution in [3.8, 4) is 0 Å². The largest absolute Gasteiger partial charge is 0.465 e. The molecular weight excluding hydrogens is 306 g/mol. The maximum absolute atomic E-state index is 12.2. The lowest BCUT2D eigenvalue weighted by molar-refractivity contribution is -0.139. The van der Waals surface area contributed by atoms with E-state index in [4.69, 9.17) is 9.15 Å². The van der Waals surface area contributed by atoms with Crippen LogP contribution in [0.15, 0.2) is 71.0 Å². The molecule has 0 fully saturated rings. The van der Waals surface area contributed by atoms with Gasteiger partial charge in [0.2, 0.25) is 0 Å². The Balaban J connectivity index is 2.12. The van der Waals surface area contributed by atoms with Crippen molar-refractivity contribution in [2.24, 2.45) is 0 Å². The highest BCUT2D eigenvalue weighted by Gasteiger charge is 2.14. The number of hydrogen-bond acceptors (Lipinski definition) is 4. The number of hydrogen-bond donors (Lipinski definition) is 1. The Hall–Kier alpha value is -3.08. The molecular formula is C19H19NO4. The molecule has 0 aliphatic heterocycles. The lowest BCUT2D eigenvalue weighted by atomic mass is 10.2. The van der Waals surface area contributed by atoms with Crippen molar-refractivity contribution in [1.82, 2.24) is 5.32 Å². The van der Waals surface area contributed by atoms with Crippen LogP contribution in [0.1, 0.15) is 29.5 Å². The number of ether oxygens (including phenoxy) is 1. The zero-order valence-corrected chi connectivity index (χ0v) is 13.4. The second kappa shape index (κ2) is 9.15. The standard InChI is InChI=1S/C19H19NO4/c1-2-13-24-19(22)17(12-6-10-16-11-7-14-23-16)20-18(21)15-8-4-3-5-9-15/h3-12,14H,2,13H2,1H3,(H,20,21)/b10-6+,17-12?. The highest BCUT2D eigenvalue weighted by Crippen LogP contribution is 2.05. The highest BCUT2D eigenvalue weighted by molar-refractivity contribution is 6.01. The maximum atomic E-state index is 12.2. The van der Waals surface area contributed by atoms with E-state index in [0.29, 0.717) is 24.4 Å². The smallest absolute Gasteiger partial charge is 0.354 e. The molecule has 0 saturated heterocycles. The van der Waals surface area contributed by atoms with Gasteiger partial charge in [-0.1, -0.05) is 31.2 Å². The lowest BCUT2D eigenvalue weighted by Gasteiger charge is -2.09. The van der Waals surface area contributed by atoms with Crippen LogP contribution in [0.4, 0.5) is 0 Å². The average molecular weight is 325 g/mol. The summed E-state index contributed by atoms with van der Waals surface area (Å²) in [5.74, 6) is -0.311. The number of benzene rings is 1. The molecule has 0 unspecified atom stereocenters. The number of carbonyl (C=O) groups excluding carboxylic acids is 2. The molecule has 0 aliphatic rings. The fourth-order valence-electron chi connectivity index (χ4n) is 1.84. The van der Waals surface area contributed by atoms with Crippen LogP contribution in [0.3, 0.4) is 0 Å². The minimum Gasteiger partial charge on any atom is -0.465 e. The second-order valence-corrected chi connectivity index (χ2v) is 4.91. The van der Waals surface area contributed by atoms with Crippen LogP contribution in [0.25, 0.3) is 6.08 Å². The molecule has 1 aromatic heterocycles. The molecule has 124 valence electrons. The first kappa shape index (κ1) is 17.3. The number of allylic oxidation sites excluding steroid dienone is 2. The van der Waals surface area contributed by atoms with Crippen molar-refractivity contribution in [1.29, 1.82) is 0 Å². The third-order valence-corrected chi connectivity index (χ3v) is 3.01. The van der Waals surface area contributed by atoms with Crippen LogP contribution in [0.2, 0.25) is 0 Å². The summed E-state index contributed by atoms with van der Waals surface area (Å²) >= 11 is 0. The van der Waals surface area contributed by atoms with Crippen LogP contribution in [-0.4, -0.2) is 18.5 Å². The van der Waals surface area contributed by atoms with Gasteiger partial charge in [0.25, 0.3) is 5.91 Å². The molecule has 1 N–H and O–H groups in total. The predicted octanol–water partition coefficient (Wildman–Crippen LogP) is 3.56. The van der Waals surface area contributed by atoms with Crippen LogP contribution in [0.5, 0.6) is 0 Å². The van der Waals surface area contributed by atoms with Gasteiger partial charge in [0, 0.05) is 5.56 Å². The van der Waals surface area contributed by atoms with E-state index in [-0.39, 0.29) is 11.6 Å². The van der Waals surface area contributed by atoms with E-state index in [1.165, 1.54) is 6.08 Å².